The molecule has 0 spiro atoms. The molecule has 1 amide bonds. The lowest BCUT2D eigenvalue weighted by molar-refractivity contribution is 0.0763. The van der Waals surface area contributed by atoms with Gasteiger partial charge in [0.15, 0.2) is 5.82 Å². The Morgan fingerprint density at radius 1 is 1.39 bits per heavy atom. The van der Waals surface area contributed by atoms with Crippen LogP contribution >= 0.6 is 11.8 Å². The molecule has 3 rings (SSSR count). The van der Waals surface area contributed by atoms with Crippen molar-refractivity contribution < 1.29 is 4.79 Å². The number of pyridine rings is 1. The fourth-order valence-electron chi connectivity index (χ4n) is 2.94. The topological polar surface area (TPSA) is 61.9 Å². The van der Waals surface area contributed by atoms with Crippen LogP contribution in [0.25, 0.3) is 11.5 Å². The van der Waals surface area contributed by atoms with E-state index in [1.165, 1.54) is 12.8 Å². The zero-order valence-corrected chi connectivity index (χ0v) is 14.2. The van der Waals surface area contributed by atoms with Gasteiger partial charge < -0.3 is 9.88 Å². The Hall–Kier alpha value is -1.82. The van der Waals surface area contributed by atoms with Gasteiger partial charge in [-0.25, -0.2) is 4.98 Å². The van der Waals surface area contributed by atoms with Gasteiger partial charge in [-0.15, -0.1) is 0 Å². The van der Waals surface area contributed by atoms with Gasteiger partial charge in [0.2, 0.25) is 0 Å². The number of amides is 1. The Kier molecular flexibility index (Phi) is 5.33. The molecule has 1 aliphatic rings. The van der Waals surface area contributed by atoms with E-state index >= 15 is 0 Å². The molecule has 6 heteroatoms. The summed E-state index contributed by atoms with van der Waals surface area (Å²) in [4.78, 5) is 26.4. The van der Waals surface area contributed by atoms with Crippen LogP contribution in [-0.2, 0) is 0 Å². The van der Waals surface area contributed by atoms with Gasteiger partial charge in [-0.2, -0.15) is 11.8 Å². The summed E-state index contributed by atoms with van der Waals surface area (Å²) in [6.07, 6.45) is 8.62. The Morgan fingerprint density at radius 3 is 3.09 bits per heavy atom. The maximum absolute atomic E-state index is 12.9. The largest absolute Gasteiger partial charge is 0.343 e. The van der Waals surface area contributed by atoms with Gasteiger partial charge in [0.25, 0.3) is 5.91 Å². The molecule has 1 fully saturated rings. The van der Waals surface area contributed by atoms with Crippen molar-refractivity contribution in [3.63, 3.8) is 0 Å². The fourth-order valence-corrected chi connectivity index (χ4v) is 4.03. The van der Waals surface area contributed by atoms with Crippen LogP contribution in [-0.4, -0.2) is 49.9 Å². The van der Waals surface area contributed by atoms with E-state index in [1.807, 2.05) is 22.7 Å². The first-order chi connectivity index (χ1) is 11.3. The number of rotatable bonds is 4. The first-order valence-corrected chi connectivity index (χ1v) is 9.19. The number of H-pyrrole nitrogens is 1. The van der Waals surface area contributed by atoms with Crippen molar-refractivity contribution in [2.75, 3.05) is 18.8 Å². The van der Waals surface area contributed by atoms with E-state index in [4.69, 9.17) is 0 Å². The van der Waals surface area contributed by atoms with Gasteiger partial charge in [-0.05, 0) is 30.7 Å². The van der Waals surface area contributed by atoms with Crippen LogP contribution in [0.1, 0.15) is 36.5 Å². The Labute approximate surface area is 140 Å². The summed E-state index contributed by atoms with van der Waals surface area (Å²) < 4.78 is 0. The molecule has 5 nitrogen and oxygen atoms in total. The molecule has 1 N–H and O–H groups in total. The van der Waals surface area contributed by atoms with Gasteiger partial charge in [0.1, 0.15) is 5.69 Å². The number of hydrogen-bond donors (Lipinski definition) is 1. The molecular weight excluding hydrogens is 308 g/mol. The highest BCUT2D eigenvalue weighted by atomic mass is 32.2. The number of carbonyl (C=O) groups excluding carboxylic acids is 1. The third kappa shape index (κ3) is 3.93. The highest BCUT2D eigenvalue weighted by Crippen LogP contribution is 2.23. The van der Waals surface area contributed by atoms with E-state index in [1.54, 1.807) is 24.7 Å². The summed E-state index contributed by atoms with van der Waals surface area (Å²) in [7, 11) is 0. The Balaban J connectivity index is 1.78. The highest BCUT2D eigenvalue weighted by Gasteiger charge is 2.23. The summed E-state index contributed by atoms with van der Waals surface area (Å²) >= 11 is 1.96. The van der Waals surface area contributed by atoms with Crippen LogP contribution in [0.4, 0.5) is 0 Å². The molecule has 1 aliphatic heterocycles. The molecule has 1 unspecified atom stereocenters. The number of thioether (sulfide) groups is 1. The zero-order valence-electron chi connectivity index (χ0n) is 13.4. The van der Waals surface area contributed by atoms with Gasteiger partial charge >= 0.3 is 0 Å². The third-order valence-corrected chi connectivity index (χ3v) is 5.25. The van der Waals surface area contributed by atoms with Crippen LogP contribution < -0.4 is 0 Å². The maximum atomic E-state index is 12.9. The molecule has 0 aromatic carbocycles. The molecule has 0 saturated carbocycles. The minimum Gasteiger partial charge on any atom is -0.343 e. The Bertz CT molecular complexity index is 644. The van der Waals surface area contributed by atoms with Crippen LogP contribution in [0.5, 0.6) is 0 Å². The lowest BCUT2D eigenvalue weighted by Crippen LogP contribution is -2.35. The second-order valence-corrected chi connectivity index (χ2v) is 7.27. The molecule has 1 atom stereocenters. The standard InChI is InChI=1S/C17H22N4OS/c1-2-23-14-5-3-4-10-21(12-14)17(22)13-6-7-18-15(11-13)16-19-8-9-20-16/h6-9,11,14H,2-5,10,12H2,1H3,(H,19,20). The van der Waals surface area contributed by atoms with E-state index in [9.17, 15) is 4.79 Å². The lowest BCUT2D eigenvalue weighted by atomic mass is 10.2. The van der Waals surface area contributed by atoms with Crippen molar-refractivity contribution in [1.82, 2.24) is 19.9 Å². The molecule has 0 bridgehead atoms. The predicted molar refractivity (Wildman–Crippen MR) is 93.5 cm³/mol. The maximum Gasteiger partial charge on any atom is 0.254 e. The minimum absolute atomic E-state index is 0.101. The Morgan fingerprint density at radius 2 is 2.30 bits per heavy atom. The quantitative estimate of drug-likeness (QED) is 0.935. The smallest absolute Gasteiger partial charge is 0.254 e. The lowest BCUT2D eigenvalue weighted by Gasteiger charge is -2.24. The molecule has 1 saturated heterocycles. The molecule has 3 heterocycles. The van der Waals surface area contributed by atoms with Gasteiger partial charge in [0, 0.05) is 42.5 Å². The monoisotopic (exact) mass is 330 g/mol. The van der Waals surface area contributed by atoms with E-state index in [-0.39, 0.29) is 5.91 Å². The average Bonchev–Trinajstić information content (AvgIpc) is 3.02. The number of carbonyl (C=O) groups is 1. The fraction of sp³-hybridized carbons (Fsp3) is 0.471. The molecule has 2 aromatic rings. The number of aromatic amines is 1. The van der Waals surface area contributed by atoms with Gasteiger partial charge in [0.05, 0.1) is 0 Å². The summed E-state index contributed by atoms with van der Waals surface area (Å²) in [5.74, 6) is 1.89. The zero-order chi connectivity index (χ0) is 16.1. The van der Waals surface area contributed by atoms with Crippen LogP contribution in [0.3, 0.4) is 0 Å². The van der Waals surface area contributed by atoms with Crippen molar-refractivity contribution in [2.45, 2.75) is 31.4 Å². The SMILES string of the molecule is CCSC1CCCCN(C(=O)c2ccnc(-c3ncc[nH]3)c2)C1. The number of imidazole rings is 1. The second kappa shape index (κ2) is 7.64. The number of nitrogens with one attached hydrogen (secondary N) is 1. The molecular formula is C17H22N4OS. The van der Waals surface area contributed by atoms with E-state index in [2.05, 4.69) is 21.9 Å². The van der Waals surface area contributed by atoms with E-state index in [0.717, 1.165) is 25.3 Å². The van der Waals surface area contributed by atoms with E-state index in [0.29, 0.717) is 22.3 Å². The summed E-state index contributed by atoms with van der Waals surface area (Å²) in [5, 5.41) is 0.554. The first-order valence-electron chi connectivity index (χ1n) is 8.14. The first kappa shape index (κ1) is 16.1. The molecule has 122 valence electrons. The summed E-state index contributed by atoms with van der Waals surface area (Å²) in [6.45, 7) is 3.87. The molecule has 23 heavy (non-hydrogen) atoms. The number of hydrogen-bond acceptors (Lipinski definition) is 4. The number of likely N-dealkylation sites (tertiary alicyclic amines) is 1. The van der Waals surface area contributed by atoms with Gasteiger partial charge in [-0.1, -0.05) is 13.3 Å². The molecule has 0 radical (unpaired) electrons. The van der Waals surface area contributed by atoms with Crippen LogP contribution in [0.2, 0.25) is 0 Å². The number of nitrogens with zero attached hydrogens (tertiary/aromatic N) is 3. The van der Waals surface area contributed by atoms with E-state index < -0.39 is 0 Å². The highest BCUT2D eigenvalue weighted by molar-refractivity contribution is 7.99. The third-order valence-electron chi connectivity index (χ3n) is 4.07. The van der Waals surface area contributed by atoms with Crippen molar-refractivity contribution >= 4 is 17.7 Å². The van der Waals surface area contributed by atoms with Crippen LogP contribution in [0.15, 0.2) is 30.7 Å². The van der Waals surface area contributed by atoms with Crippen molar-refractivity contribution in [3.05, 3.63) is 36.3 Å². The summed E-state index contributed by atoms with van der Waals surface area (Å²) in [6, 6.07) is 3.62. The number of aromatic nitrogens is 3. The predicted octanol–water partition coefficient (Wildman–Crippen LogP) is 3.22. The van der Waals surface area contributed by atoms with Crippen LogP contribution in [0, 0.1) is 0 Å². The van der Waals surface area contributed by atoms with Gasteiger partial charge in [-0.3, -0.25) is 9.78 Å². The van der Waals surface area contributed by atoms with Crippen molar-refractivity contribution in [3.8, 4) is 11.5 Å². The summed E-state index contributed by atoms with van der Waals surface area (Å²) in [5.41, 5.74) is 1.39. The van der Waals surface area contributed by atoms with Crippen molar-refractivity contribution in [2.24, 2.45) is 0 Å². The second-order valence-electron chi connectivity index (χ2n) is 5.69. The van der Waals surface area contributed by atoms with Crippen molar-refractivity contribution in [1.29, 1.82) is 0 Å². The normalized spacial score (nSPS) is 18.7. The molecule has 2 aromatic heterocycles. The minimum atomic E-state index is 0.101. The molecule has 0 aliphatic carbocycles. The average molecular weight is 330 g/mol.